The number of fused-ring (bicyclic) bond motifs is 1. The highest BCUT2D eigenvalue weighted by Crippen LogP contribution is 2.35. The molecule has 0 amide bonds. The zero-order valence-electron chi connectivity index (χ0n) is 9.95. The van der Waals surface area contributed by atoms with Gasteiger partial charge in [0.05, 0.1) is 5.02 Å². The molecule has 3 nitrogen and oxygen atoms in total. The molecule has 2 aromatic rings. The van der Waals surface area contributed by atoms with Crippen LogP contribution in [0.25, 0.3) is 0 Å². The maximum absolute atomic E-state index is 13.3. The Labute approximate surface area is 114 Å². The van der Waals surface area contributed by atoms with E-state index in [0.29, 0.717) is 12.2 Å². The maximum atomic E-state index is 13.3. The molecule has 2 aromatic carbocycles. The Morgan fingerprint density at radius 2 is 2.11 bits per heavy atom. The largest absolute Gasteiger partial charge is 0.454 e. The summed E-state index contributed by atoms with van der Waals surface area (Å²) in [7, 11) is 0. The summed E-state index contributed by atoms with van der Waals surface area (Å²) >= 11 is 5.64. The molecule has 0 spiro atoms. The number of rotatable bonds is 3. The first-order chi connectivity index (χ1) is 9.24. The quantitative estimate of drug-likeness (QED) is 0.926. The monoisotopic (exact) mass is 279 g/mol. The summed E-state index contributed by atoms with van der Waals surface area (Å²) in [6, 6.07) is 10.3. The van der Waals surface area contributed by atoms with E-state index >= 15 is 0 Å². The Hall–Kier alpha value is -1.94. The Morgan fingerprint density at radius 3 is 2.95 bits per heavy atom. The molecule has 1 aliphatic rings. The summed E-state index contributed by atoms with van der Waals surface area (Å²) in [4.78, 5) is 0. The predicted molar refractivity (Wildman–Crippen MR) is 71.3 cm³/mol. The Balaban J connectivity index is 1.76. The highest BCUT2D eigenvalue weighted by molar-refractivity contribution is 6.30. The predicted octanol–water partition coefficient (Wildman–Crippen LogP) is 3.82. The van der Waals surface area contributed by atoms with Gasteiger partial charge in [0.25, 0.3) is 0 Å². The summed E-state index contributed by atoms with van der Waals surface area (Å²) in [5.41, 5.74) is 1.63. The summed E-state index contributed by atoms with van der Waals surface area (Å²) < 4.78 is 24.0. The third-order valence-electron chi connectivity index (χ3n) is 2.88. The average Bonchev–Trinajstić information content (AvgIpc) is 2.89. The van der Waals surface area contributed by atoms with E-state index in [1.54, 1.807) is 6.07 Å². The van der Waals surface area contributed by atoms with Crippen LogP contribution in [-0.4, -0.2) is 6.79 Å². The molecule has 0 aromatic heterocycles. The van der Waals surface area contributed by atoms with E-state index in [9.17, 15) is 4.39 Å². The van der Waals surface area contributed by atoms with Crippen LogP contribution in [0.3, 0.4) is 0 Å². The van der Waals surface area contributed by atoms with Gasteiger partial charge in [-0.2, -0.15) is 0 Å². The molecule has 0 atom stereocenters. The molecule has 19 heavy (non-hydrogen) atoms. The van der Waals surface area contributed by atoms with Crippen molar-refractivity contribution < 1.29 is 13.9 Å². The van der Waals surface area contributed by atoms with Crippen molar-refractivity contribution in [3.8, 4) is 11.5 Å². The number of hydrogen-bond acceptors (Lipinski definition) is 3. The van der Waals surface area contributed by atoms with Crippen molar-refractivity contribution in [2.75, 3.05) is 12.1 Å². The van der Waals surface area contributed by atoms with Crippen LogP contribution in [0.15, 0.2) is 36.4 Å². The third kappa shape index (κ3) is 2.44. The van der Waals surface area contributed by atoms with E-state index in [4.69, 9.17) is 21.1 Å². The fourth-order valence-corrected chi connectivity index (χ4v) is 2.05. The van der Waals surface area contributed by atoms with Gasteiger partial charge in [-0.15, -0.1) is 0 Å². The number of ether oxygens (including phenoxy) is 2. The van der Waals surface area contributed by atoms with Crippen LogP contribution in [0.2, 0.25) is 5.02 Å². The molecule has 1 aliphatic heterocycles. The van der Waals surface area contributed by atoms with Gasteiger partial charge < -0.3 is 14.8 Å². The smallest absolute Gasteiger partial charge is 0.231 e. The van der Waals surface area contributed by atoms with E-state index in [1.165, 1.54) is 12.1 Å². The molecule has 1 heterocycles. The summed E-state index contributed by atoms with van der Waals surface area (Å²) in [5.74, 6) is 1.04. The van der Waals surface area contributed by atoms with Crippen molar-refractivity contribution in [1.29, 1.82) is 0 Å². The average molecular weight is 280 g/mol. The SMILES string of the molecule is Fc1cc(NCc2cccc3c2OCO3)ccc1Cl. The lowest BCUT2D eigenvalue weighted by Gasteiger charge is -2.09. The molecule has 0 unspecified atom stereocenters. The van der Waals surface area contributed by atoms with Gasteiger partial charge >= 0.3 is 0 Å². The van der Waals surface area contributed by atoms with Crippen LogP contribution in [0, 0.1) is 5.82 Å². The van der Waals surface area contributed by atoms with E-state index in [2.05, 4.69) is 5.32 Å². The van der Waals surface area contributed by atoms with Crippen LogP contribution >= 0.6 is 11.6 Å². The topological polar surface area (TPSA) is 30.5 Å². The highest BCUT2D eigenvalue weighted by atomic mass is 35.5. The van der Waals surface area contributed by atoms with Gasteiger partial charge in [0.1, 0.15) is 5.82 Å². The molecular weight excluding hydrogens is 269 g/mol. The van der Waals surface area contributed by atoms with Crippen molar-refractivity contribution in [3.63, 3.8) is 0 Å². The van der Waals surface area contributed by atoms with Crippen LogP contribution in [0.5, 0.6) is 11.5 Å². The van der Waals surface area contributed by atoms with Crippen LogP contribution in [0.4, 0.5) is 10.1 Å². The lowest BCUT2D eigenvalue weighted by atomic mass is 10.2. The zero-order valence-corrected chi connectivity index (χ0v) is 10.7. The number of benzene rings is 2. The van der Waals surface area contributed by atoms with Crippen molar-refractivity contribution in [2.45, 2.75) is 6.54 Å². The van der Waals surface area contributed by atoms with E-state index in [0.717, 1.165) is 17.1 Å². The highest BCUT2D eigenvalue weighted by Gasteiger charge is 2.16. The molecule has 0 aliphatic carbocycles. The number of anilines is 1. The minimum absolute atomic E-state index is 0.114. The minimum atomic E-state index is -0.440. The Morgan fingerprint density at radius 1 is 1.21 bits per heavy atom. The molecule has 0 bridgehead atoms. The standard InChI is InChI=1S/C14H11ClFNO2/c15-11-5-4-10(6-12(11)16)17-7-9-2-1-3-13-14(9)19-8-18-13/h1-6,17H,7-8H2. The molecular formula is C14H11ClFNO2. The first kappa shape index (κ1) is 12.1. The third-order valence-corrected chi connectivity index (χ3v) is 3.19. The van der Waals surface area contributed by atoms with Crippen molar-refractivity contribution in [3.05, 3.63) is 52.8 Å². The Kier molecular flexibility index (Phi) is 3.17. The van der Waals surface area contributed by atoms with Gasteiger partial charge in [0.2, 0.25) is 6.79 Å². The zero-order chi connectivity index (χ0) is 13.2. The van der Waals surface area contributed by atoms with Crippen molar-refractivity contribution in [2.24, 2.45) is 0 Å². The van der Waals surface area contributed by atoms with Gasteiger partial charge in [-0.1, -0.05) is 23.7 Å². The van der Waals surface area contributed by atoms with Gasteiger partial charge in [0.15, 0.2) is 11.5 Å². The number of nitrogens with one attached hydrogen (secondary N) is 1. The van der Waals surface area contributed by atoms with Gasteiger partial charge in [0, 0.05) is 17.8 Å². The summed E-state index contributed by atoms with van der Waals surface area (Å²) in [6.07, 6.45) is 0. The number of hydrogen-bond donors (Lipinski definition) is 1. The Bertz CT molecular complexity index is 618. The van der Waals surface area contributed by atoms with Crippen LogP contribution in [0.1, 0.15) is 5.56 Å². The lowest BCUT2D eigenvalue weighted by Crippen LogP contribution is -2.01. The lowest BCUT2D eigenvalue weighted by molar-refractivity contribution is 0.173. The number of para-hydroxylation sites is 1. The second-order valence-corrected chi connectivity index (χ2v) is 4.54. The molecule has 0 saturated carbocycles. The molecule has 5 heteroatoms. The fraction of sp³-hybridized carbons (Fsp3) is 0.143. The van der Waals surface area contributed by atoms with Crippen LogP contribution < -0.4 is 14.8 Å². The molecule has 0 radical (unpaired) electrons. The van der Waals surface area contributed by atoms with Crippen LogP contribution in [-0.2, 0) is 6.54 Å². The summed E-state index contributed by atoms with van der Waals surface area (Å²) in [6.45, 7) is 0.759. The van der Waals surface area contributed by atoms with E-state index < -0.39 is 5.82 Å². The van der Waals surface area contributed by atoms with E-state index in [-0.39, 0.29) is 11.8 Å². The van der Waals surface area contributed by atoms with Crippen molar-refractivity contribution >= 4 is 17.3 Å². The first-order valence-corrected chi connectivity index (χ1v) is 6.18. The van der Waals surface area contributed by atoms with Gasteiger partial charge in [-0.3, -0.25) is 0 Å². The molecule has 0 fully saturated rings. The normalized spacial score (nSPS) is 12.5. The molecule has 0 saturated heterocycles. The number of halogens is 2. The second-order valence-electron chi connectivity index (χ2n) is 4.13. The minimum Gasteiger partial charge on any atom is -0.454 e. The molecule has 98 valence electrons. The summed E-state index contributed by atoms with van der Waals surface area (Å²) in [5, 5.41) is 3.24. The maximum Gasteiger partial charge on any atom is 0.231 e. The first-order valence-electron chi connectivity index (χ1n) is 5.80. The van der Waals surface area contributed by atoms with Gasteiger partial charge in [-0.05, 0) is 24.3 Å². The van der Waals surface area contributed by atoms with E-state index in [1.807, 2.05) is 18.2 Å². The molecule has 3 rings (SSSR count). The van der Waals surface area contributed by atoms with Crippen molar-refractivity contribution in [1.82, 2.24) is 0 Å². The fourth-order valence-electron chi connectivity index (χ4n) is 1.93. The van der Waals surface area contributed by atoms with Gasteiger partial charge in [-0.25, -0.2) is 4.39 Å². The molecule has 1 N–H and O–H groups in total. The second kappa shape index (κ2) is 4.97.